The smallest absolute Gasteiger partial charge is 0.213 e. The monoisotopic (exact) mass is 298 g/mol. The Morgan fingerprint density at radius 3 is 2.40 bits per heavy atom. The van der Waals surface area contributed by atoms with E-state index in [1.54, 1.807) is 11.2 Å². The van der Waals surface area contributed by atoms with Gasteiger partial charge in [0, 0.05) is 37.9 Å². The van der Waals surface area contributed by atoms with Crippen LogP contribution in [0.2, 0.25) is 0 Å². The quantitative estimate of drug-likeness (QED) is 0.823. The Bertz CT molecular complexity index is 566. The first-order chi connectivity index (χ1) is 9.47. The summed E-state index contributed by atoms with van der Waals surface area (Å²) in [5, 5.41) is 0. The molecule has 7 heteroatoms. The van der Waals surface area contributed by atoms with Crippen molar-refractivity contribution in [2.45, 2.75) is 27.2 Å². The van der Waals surface area contributed by atoms with Crippen LogP contribution in [0.25, 0.3) is 0 Å². The number of piperazine rings is 1. The fourth-order valence-corrected chi connectivity index (χ4v) is 3.45. The molecule has 1 aromatic heterocycles. The molecule has 0 N–H and O–H groups in total. The summed E-state index contributed by atoms with van der Waals surface area (Å²) in [5.41, 5.74) is 1.11. The van der Waals surface area contributed by atoms with E-state index >= 15 is 0 Å². The first-order valence-electron chi connectivity index (χ1n) is 7.03. The molecule has 1 fully saturated rings. The average molecular weight is 298 g/mol. The summed E-state index contributed by atoms with van der Waals surface area (Å²) < 4.78 is 25.3. The lowest BCUT2D eigenvalue weighted by Gasteiger charge is -2.35. The zero-order valence-corrected chi connectivity index (χ0v) is 13.2. The largest absolute Gasteiger partial charge is 0.354 e. The maximum atomic E-state index is 11.9. The normalized spacial score (nSPS) is 17.4. The van der Waals surface area contributed by atoms with Gasteiger partial charge in [-0.1, -0.05) is 6.92 Å². The molecule has 0 bridgehead atoms. The van der Waals surface area contributed by atoms with E-state index in [9.17, 15) is 8.42 Å². The van der Waals surface area contributed by atoms with Gasteiger partial charge in [0.1, 0.15) is 11.6 Å². The van der Waals surface area contributed by atoms with Crippen LogP contribution in [0.5, 0.6) is 0 Å². The van der Waals surface area contributed by atoms with E-state index in [2.05, 4.69) is 21.8 Å². The van der Waals surface area contributed by atoms with Crippen LogP contribution in [0.4, 0.5) is 5.82 Å². The summed E-state index contributed by atoms with van der Waals surface area (Å²) in [4.78, 5) is 10.9. The number of nitrogens with zero attached hydrogens (tertiary/aromatic N) is 4. The van der Waals surface area contributed by atoms with Crippen molar-refractivity contribution in [2.75, 3.05) is 36.8 Å². The first kappa shape index (κ1) is 15.2. The van der Waals surface area contributed by atoms with Gasteiger partial charge in [0.05, 0.1) is 5.75 Å². The summed E-state index contributed by atoms with van der Waals surface area (Å²) in [6.07, 6.45) is 2.75. The summed E-state index contributed by atoms with van der Waals surface area (Å²) in [5.74, 6) is 1.87. The van der Waals surface area contributed by atoms with Gasteiger partial charge in [-0.15, -0.1) is 0 Å². The zero-order valence-electron chi connectivity index (χ0n) is 12.3. The van der Waals surface area contributed by atoms with Crippen LogP contribution in [-0.2, 0) is 16.4 Å². The molecule has 0 spiro atoms. The molecule has 0 radical (unpaired) electrons. The molecule has 20 heavy (non-hydrogen) atoms. The highest BCUT2D eigenvalue weighted by atomic mass is 32.2. The lowest BCUT2D eigenvalue weighted by Crippen LogP contribution is -2.49. The SMILES string of the molecule is CCc1cnc(C)nc1N1CCN(S(=O)(=O)CC)CC1. The van der Waals surface area contributed by atoms with Crippen LogP contribution in [0.3, 0.4) is 0 Å². The van der Waals surface area contributed by atoms with E-state index in [0.717, 1.165) is 23.6 Å². The van der Waals surface area contributed by atoms with Crippen molar-refractivity contribution >= 4 is 15.8 Å². The fraction of sp³-hybridized carbons (Fsp3) is 0.692. The predicted molar refractivity (Wildman–Crippen MR) is 79.4 cm³/mol. The fourth-order valence-electron chi connectivity index (χ4n) is 2.37. The Labute approximate surface area is 120 Å². The minimum absolute atomic E-state index is 0.166. The van der Waals surface area contributed by atoms with Gasteiger partial charge >= 0.3 is 0 Å². The molecule has 6 nitrogen and oxygen atoms in total. The van der Waals surface area contributed by atoms with E-state index < -0.39 is 10.0 Å². The van der Waals surface area contributed by atoms with Gasteiger partial charge in [-0.3, -0.25) is 0 Å². The van der Waals surface area contributed by atoms with Crippen LogP contribution in [0.1, 0.15) is 25.2 Å². The first-order valence-corrected chi connectivity index (χ1v) is 8.64. The van der Waals surface area contributed by atoms with Gasteiger partial charge in [0.15, 0.2) is 0 Å². The van der Waals surface area contributed by atoms with Gasteiger partial charge in [-0.25, -0.2) is 18.4 Å². The maximum Gasteiger partial charge on any atom is 0.213 e. The van der Waals surface area contributed by atoms with Crippen LogP contribution in [0.15, 0.2) is 6.20 Å². The summed E-state index contributed by atoms with van der Waals surface area (Å²) >= 11 is 0. The molecule has 1 aliphatic rings. The maximum absolute atomic E-state index is 11.9. The topological polar surface area (TPSA) is 66.4 Å². The van der Waals surface area contributed by atoms with Gasteiger partial charge in [-0.2, -0.15) is 4.31 Å². The highest BCUT2D eigenvalue weighted by Crippen LogP contribution is 2.20. The van der Waals surface area contributed by atoms with Crippen molar-refractivity contribution in [2.24, 2.45) is 0 Å². The van der Waals surface area contributed by atoms with Gasteiger partial charge in [-0.05, 0) is 20.3 Å². The minimum atomic E-state index is -3.08. The number of aromatic nitrogens is 2. The molecule has 2 rings (SSSR count). The van der Waals surface area contributed by atoms with Gasteiger partial charge < -0.3 is 4.90 Å². The Hall–Kier alpha value is -1.21. The van der Waals surface area contributed by atoms with Crippen LogP contribution in [-0.4, -0.2) is 54.6 Å². The number of hydrogen-bond acceptors (Lipinski definition) is 5. The molecule has 0 aliphatic carbocycles. The van der Waals surface area contributed by atoms with Crippen LogP contribution >= 0.6 is 0 Å². The number of hydrogen-bond donors (Lipinski definition) is 0. The third kappa shape index (κ3) is 3.09. The second-order valence-corrected chi connectivity index (χ2v) is 7.16. The zero-order chi connectivity index (χ0) is 14.8. The predicted octanol–water partition coefficient (Wildman–Crippen LogP) is 0.819. The molecule has 2 heterocycles. The Balaban J connectivity index is 2.13. The highest BCUT2D eigenvalue weighted by molar-refractivity contribution is 7.89. The minimum Gasteiger partial charge on any atom is -0.354 e. The van der Waals surface area contributed by atoms with Crippen molar-refractivity contribution in [3.05, 3.63) is 17.6 Å². The van der Waals surface area contributed by atoms with E-state index in [0.29, 0.717) is 26.2 Å². The van der Waals surface area contributed by atoms with E-state index in [-0.39, 0.29) is 5.75 Å². The lowest BCUT2D eigenvalue weighted by atomic mass is 10.2. The van der Waals surface area contributed by atoms with Crippen molar-refractivity contribution in [3.8, 4) is 0 Å². The molecule has 1 aromatic rings. The van der Waals surface area contributed by atoms with Crippen LogP contribution in [0, 0.1) is 6.92 Å². The molecule has 0 saturated carbocycles. The van der Waals surface area contributed by atoms with Crippen LogP contribution < -0.4 is 4.90 Å². The molecular formula is C13H22N4O2S. The third-order valence-electron chi connectivity index (χ3n) is 3.64. The lowest BCUT2D eigenvalue weighted by molar-refractivity contribution is 0.384. The Morgan fingerprint density at radius 1 is 1.20 bits per heavy atom. The summed E-state index contributed by atoms with van der Waals surface area (Å²) in [7, 11) is -3.08. The standard InChI is InChI=1S/C13H22N4O2S/c1-4-12-10-14-11(3)15-13(12)16-6-8-17(9-7-16)20(18,19)5-2/h10H,4-9H2,1-3H3. The molecule has 1 saturated heterocycles. The third-order valence-corrected chi connectivity index (χ3v) is 5.52. The molecule has 1 aliphatic heterocycles. The Morgan fingerprint density at radius 2 is 1.85 bits per heavy atom. The molecule has 0 aromatic carbocycles. The van der Waals surface area contributed by atoms with Gasteiger partial charge in [0.25, 0.3) is 0 Å². The number of anilines is 1. The molecular weight excluding hydrogens is 276 g/mol. The Kier molecular flexibility index (Phi) is 4.59. The van der Waals surface area contributed by atoms with Gasteiger partial charge in [0.2, 0.25) is 10.0 Å². The highest BCUT2D eigenvalue weighted by Gasteiger charge is 2.26. The summed E-state index contributed by atoms with van der Waals surface area (Å²) in [6.45, 7) is 8.07. The summed E-state index contributed by atoms with van der Waals surface area (Å²) in [6, 6.07) is 0. The second-order valence-electron chi connectivity index (χ2n) is 4.91. The molecule has 0 amide bonds. The molecule has 112 valence electrons. The number of aryl methyl sites for hydroxylation is 2. The van der Waals surface area contributed by atoms with E-state index in [4.69, 9.17) is 0 Å². The average Bonchev–Trinajstić information content (AvgIpc) is 2.47. The van der Waals surface area contributed by atoms with E-state index in [1.807, 2.05) is 13.1 Å². The van der Waals surface area contributed by atoms with Crippen molar-refractivity contribution in [3.63, 3.8) is 0 Å². The van der Waals surface area contributed by atoms with Crippen molar-refractivity contribution in [1.82, 2.24) is 14.3 Å². The van der Waals surface area contributed by atoms with Crippen molar-refractivity contribution < 1.29 is 8.42 Å². The number of rotatable bonds is 4. The molecule has 0 atom stereocenters. The number of sulfonamides is 1. The van der Waals surface area contributed by atoms with Crippen molar-refractivity contribution in [1.29, 1.82) is 0 Å². The van der Waals surface area contributed by atoms with E-state index in [1.165, 1.54) is 0 Å². The molecule has 0 unspecified atom stereocenters. The second kappa shape index (κ2) is 6.05.